The van der Waals surface area contributed by atoms with Crippen LogP contribution in [-0.4, -0.2) is 12.8 Å². The molecular weight excluding hydrogens is 412 g/mol. The van der Waals surface area contributed by atoms with Crippen LogP contribution in [0.5, 0.6) is 11.5 Å². The van der Waals surface area contributed by atoms with Gasteiger partial charge in [-0.1, -0.05) is 64.8 Å². The molecule has 0 radical (unpaired) electrons. The molecule has 0 saturated heterocycles. The van der Waals surface area contributed by atoms with Gasteiger partial charge in [0.1, 0.15) is 13.2 Å². The van der Waals surface area contributed by atoms with Crippen LogP contribution < -0.4 is 9.47 Å². The summed E-state index contributed by atoms with van der Waals surface area (Å²) in [5, 5.41) is 13.6. The van der Waals surface area contributed by atoms with Crippen molar-refractivity contribution in [3.63, 3.8) is 0 Å². The number of hydrogen-bond donors (Lipinski definition) is 0. The molecular formula is C25H23ClN2O3. The first-order valence-electron chi connectivity index (χ1n) is 9.88. The van der Waals surface area contributed by atoms with Crippen LogP contribution in [0.1, 0.15) is 34.7 Å². The van der Waals surface area contributed by atoms with Crippen molar-refractivity contribution in [1.82, 2.24) is 0 Å². The summed E-state index contributed by atoms with van der Waals surface area (Å²) in [5.41, 5.74) is 4.29. The smallest absolute Gasteiger partial charge is 0.180 e. The number of hydrogen-bond acceptors (Lipinski definition) is 5. The summed E-state index contributed by atoms with van der Waals surface area (Å²) in [5.74, 6) is 1.03. The van der Waals surface area contributed by atoms with Crippen molar-refractivity contribution in [2.45, 2.75) is 27.1 Å². The lowest BCUT2D eigenvalue weighted by Gasteiger charge is -2.14. The highest BCUT2D eigenvalue weighted by molar-refractivity contribution is 6.32. The number of nitriles is 1. The second-order valence-electron chi connectivity index (χ2n) is 6.81. The van der Waals surface area contributed by atoms with E-state index in [9.17, 15) is 0 Å². The third-order valence-corrected chi connectivity index (χ3v) is 4.75. The van der Waals surface area contributed by atoms with Gasteiger partial charge in [-0.3, -0.25) is 0 Å². The summed E-state index contributed by atoms with van der Waals surface area (Å²) in [4.78, 5) is 5.35. The monoisotopic (exact) mass is 434 g/mol. The van der Waals surface area contributed by atoms with Crippen molar-refractivity contribution in [2.75, 3.05) is 6.61 Å². The van der Waals surface area contributed by atoms with Gasteiger partial charge in [0.25, 0.3) is 0 Å². The maximum Gasteiger partial charge on any atom is 0.180 e. The van der Waals surface area contributed by atoms with E-state index in [1.165, 1.54) is 5.56 Å². The summed E-state index contributed by atoms with van der Waals surface area (Å²) < 4.78 is 11.7. The number of ether oxygens (including phenoxy) is 2. The zero-order chi connectivity index (χ0) is 22.1. The summed E-state index contributed by atoms with van der Waals surface area (Å²) in [6, 6.07) is 21.0. The molecule has 0 bridgehead atoms. The third kappa shape index (κ3) is 6.24. The molecule has 31 heavy (non-hydrogen) atoms. The standard InChI is InChI=1S/C25H23ClN2O3/c1-3-29-24-13-20(15-28-31-17-22-7-5-4-6-21(22)14-27)12-23(26)25(24)30-16-19-10-8-18(2)9-11-19/h4-13,15H,3,16-17H2,1-2H3/b28-15-. The van der Waals surface area contributed by atoms with Crippen LogP contribution in [0.25, 0.3) is 0 Å². The first-order chi connectivity index (χ1) is 15.1. The first kappa shape index (κ1) is 22.2. The Morgan fingerprint density at radius 3 is 2.55 bits per heavy atom. The molecule has 6 heteroatoms. The molecule has 0 amide bonds. The van der Waals surface area contributed by atoms with E-state index in [0.29, 0.717) is 40.9 Å². The van der Waals surface area contributed by atoms with Gasteiger partial charge in [-0.05, 0) is 37.6 Å². The van der Waals surface area contributed by atoms with Gasteiger partial charge >= 0.3 is 0 Å². The van der Waals surface area contributed by atoms with Gasteiger partial charge in [0.15, 0.2) is 11.5 Å². The molecule has 0 atom stereocenters. The van der Waals surface area contributed by atoms with Crippen LogP contribution in [0.3, 0.4) is 0 Å². The van der Waals surface area contributed by atoms with E-state index < -0.39 is 0 Å². The Hall–Kier alpha value is -3.49. The Balaban J connectivity index is 1.69. The largest absolute Gasteiger partial charge is 0.490 e. The van der Waals surface area contributed by atoms with Crippen LogP contribution in [0.2, 0.25) is 5.02 Å². The molecule has 5 nitrogen and oxygen atoms in total. The highest BCUT2D eigenvalue weighted by atomic mass is 35.5. The van der Waals surface area contributed by atoms with Crippen LogP contribution >= 0.6 is 11.6 Å². The lowest BCUT2D eigenvalue weighted by atomic mass is 10.1. The predicted molar refractivity (Wildman–Crippen MR) is 122 cm³/mol. The summed E-state index contributed by atoms with van der Waals surface area (Å²) >= 11 is 6.47. The minimum atomic E-state index is 0.198. The van der Waals surface area contributed by atoms with Crippen molar-refractivity contribution >= 4 is 17.8 Å². The quantitative estimate of drug-likeness (QED) is 0.304. The molecule has 0 aliphatic heterocycles. The Kier molecular flexibility index (Phi) is 7.91. The van der Waals surface area contributed by atoms with Gasteiger partial charge < -0.3 is 14.3 Å². The average Bonchev–Trinajstić information content (AvgIpc) is 2.78. The number of benzene rings is 3. The van der Waals surface area contributed by atoms with Crippen molar-refractivity contribution in [1.29, 1.82) is 5.26 Å². The Bertz CT molecular complexity index is 1090. The molecule has 0 N–H and O–H groups in total. The van der Waals surface area contributed by atoms with Crippen molar-refractivity contribution < 1.29 is 14.3 Å². The molecule has 158 valence electrons. The maximum absolute atomic E-state index is 9.13. The molecule has 0 aliphatic rings. The van der Waals surface area contributed by atoms with Crippen LogP contribution in [0.4, 0.5) is 0 Å². The summed E-state index contributed by atoms with van der Waals surface area (Å²) in [6.07, 6.45) is 1.55. The molecule has 3 aromatic carbocycles. The SMILES string of the molecule is CCOc1cc(/C=N\OCc2ccccc2C#N)cc(Cl)c1OCc1ccc(C)cc1. The lowest BCUT2D eigenvalue weighted by Crippen LogP contribution is -2.01. The van der Waals surface area contributed by atoms with E-state index in [4.69, 9.17) is 31.2 Å². The molecule has 0 saturated carbocycles. The lowest BCUT2D eigenvalue weighted by molar-refractivity contribution is 0.132. The molecule has 0 unspecified atom stereocenters. The van der Waals surface area contributed by atoms with Gasteiger partial charge in [-0.15, -0.1) is 0 Å². The van der Waals surface area contributed by atoms with E-state index in [2.05, 4.69) is 11.2 Å². The van der Waals surface area contributed by atoms with Gasteiger partial charge in [-0.25, -0.2) is 0 Å². The number of nitrogens with zero attached hydrogens (tertiary/aromatic N) is 2. The fraction of sp³-hybridized carbons (Fsp3) is 0.200. The minimum absolute atomic E-state index is 0.198. The van der Waals surface area contributed by atoms with Gasteiger partial charge in [0.2, 0.25) is 0 Å². The number of oxime groups is 1. The predicted octanol–water partition coefficient (Wildman–Crippen LogP) is 6.05. The average molecular weight is 435 g/mol. The highest BCUT2D eigenvalue weighted by Crippen LogP contribution is 2.37. The van der Waals surface area contributed by atoms with Crippen molar-refractivity contribution in [2.24, 2.45) is 5.16 Å². The normalized spacial score (nSPS) is 10.6. The molecule has 0 fully saturated rings. The fourth-order valence-electron chi connectivity index (χ4n) is 2.87. The first-order valence-corrected chi connectivity index (χ1v) is 10.3. The number of rotatable bonds is 9. The van der Waals surface area contributed by atoms with E-state index in [0.717, 1.165) is 11.1 Å². The molecule has 0 aromatic heterocycles. The summed E-state index contributed by atoms with van der Waals surface area (Å²) in [6.45, 7) is 4.99. The zero-order valence-corrected chi connectivity index (χ0v) is 18.2. The third-order valence-electron chi connectivity index (χ3n) is 4.47. The summed E-state index contributed by atoms with van der Waals surface area (Å²) in [7, 11) is 0. The molecule has 0 heterocycles. The van der Waals surface area contributed by atoms with Gasteiger partial charge in [-0.2, -0.15) is 5.26 Å². The molecule has 0 spiro atoms. The van der Waals surface area contributed by atoms with E-state index in [1.54, 1.807) is 24.4 Å². The maximum atomic E-state index is 9.13. The number of halogens is 1. The van der Waals surface area contributed by atoms with Gasteiger partial charge in [0, 0.05) is 11.1 Å². The van der Waals surface area contributed by atoms with Crippen molar-refractivity contribution in [3.8, 4) is 17.6 Å². The zero-order valence-electron chi connectivity index (χ0n) is 17.5. The Labute approximate surface area is 187 Å². The van der Waals surface area contributed by atoms with E-state index >= 15 is 0 Å². The fourth-order valence-corrected chi connectivity index (χ4v) is 3.14. The Morgan fingerprint density at radius 2 is 1.81 bits per heavy atom. The molecule has 3 rings (SSSR count). The van der Waals surface area contributed by atoms with Crippen LogP contribution in [0.15, 0.2) is 65.8 Å². The molecule has 3 aromatic rings. The van der Waals surface area contributed by atoms with E-state index in [1.807, 2.05) is 56.3 Å². The van der Waals surface area contributed by atoms with Crippen molar-refractivity contribution in [3.05, 3.63) is 93.5 Å². The van der Waals surface area contributed by atoms with E-state index in [-0.39, 0.29) is 6.61 Å². The second-order valence-corrected chi connectivity index (χ2v) is 7.22. The highest BCUT2D eigenvalue weighted by Gasteiger charge is 2.13. The number of aryl methyl sites for hydroxylation is 1. The Morgan fingerprint density at radius 1 is 1.03 bits per heavy atom. The second kappa shape index (κ2) is 11.1. The molecule has 0 aliphatic carbocycles. The van der Waals surface area contributed by atoms with Crippen LogP contribution in [0, 0.1) is 18.3 Å². The van der Waals surface area contributed by atoms with Gasteiger partial charge in [0.05, 0.1) is 29.5 Å². The minimum Gasteiger partial charge on any atom is -0.490 e. The topological polar surface area (TPSA) is 63.8 Å². The van der Waals surface area contributed by atoms with Crippen LogP contribution in [-0.2, 0) is 18.1 Å².